The molecule has 0 aliphatic carbocycles. The quantitative estimate of drug-likeness (QED) is 0.907. The summed E-state index contributed by atoms with van der Waals surface area (Å²) in [7, 11) is -4.17. The summed E-state index contributed by atoms with van der Waals surface area (Å²) in [6.07, 6.45) is -4.66. The van der Waals surface area contributed by atoms with Crippen LogP contribution < -0.4 is 0 Å². The van der Waals surface area contributed by atoms with Gasteiger partial charge in [0.25, 0.3) is 0 Å². The molecule has 1 aliphatic heterocycles. The smallest absolute Gasteiger partial charge is 0.416 e. The molecule has 1 heterocycles. The summed E-state index contributed by atoms with van der Waals surface area (Å²) in [4.78, 5) is 10.6. The van der Waals surface area contributed by atoms with Crippen molar-refractivity contribution in [2.45, 2.75) is 24.9 Å². The van der Waals surface area contributed by atoms with Crippen molar-refractivity contribution in [2.24, 2.45) is 11.8 Å². The van der Waals surface area contributed by atoms with Gasteiger partial charge in [0, 0.05) is 13.1 Å². The Bertz CT molecular complexity index is 730. The number of aryl methyl sites for hydroxylation is 1. The molecule has 0 saturated carbocycles. The minimum absolute atomic E-state index is 0.0332. The first-order chi connectivity index (χ1) is 10.4. The van der Waals surface area contributed by atoms with Crippen LogP contribution in [0.3, 0.4) is 0 Å². The molecule has 5 nitrogen and oxygen atoms in total. The molecule has 0 aromatic heterocycles. The SMILES string of the molecule is Cc1ccc(S(=O)(=O)N2C[C@@H](C)[C@H](C(=O)O)C2)cc1C(F)(F)F. The molecule has 2 rings (SSSR count). The van der Waals surface area contributed by atoms with Gasteiger partial charge < -0.3 is 5.11 Å². The first-order valence-corrected chi connectivity index (χ1v) is 8.29. The maximum Gasteiger partial charge on any atom is 0.416 e. The van der Waals surface area contributed by atoms with E-state index in [1.54, 1.807) is 6.92 Å². The number of benzene rings is 1. The lowest BCUT2D eigenvalue weighted by Gasteiger charge is -2.18. The Morgan fingerprint density at radius 2 is 1.91 bits per heavy atom. The normalized spacial score (nSPS) is 23.2. The fraction of sp³-hybridized carbons (Fsp3) is 0.500. The second kappa shape index (κ2) is 5.79. The standard InChI is InChI=1S/C14H16F3NO4S/c1-8-3-4-10(5-12(8)14(15,16)17)23(21,22)18-6-9(2)11(7-18)13(19)20/h3-5,9,11H,6-7H2,1-2H3,(H,19,20)/t9-,11-/m1/s1. The third kappa shape index (κ3) is 3.35. The second-order valence-corrected chi connectivity index (χ2v) is 7.66. The third-order valence-corrected chi connectivity index (χ3v) is 5.88. The largest absolute Gasteiger partial charge is 0.481 e. The number of nitrogens with zero attached hydrogens (tertiary/aromatic N) is 1. The number of aliphatic carboxylic acids is 1. The van der Waals surface area contributed by atoms with Gasteiger partial charge in [-0.15, -0.1) is 0 Å². The maximum absolute atomic E-state index is 12.9. The number of sulfonamides is 1. The maximum atomic E-state index is 12.9. The summed E-state index contributed by atoms with van der Waals surface area (Å²) in [5.74, 6) is -2.39. The highest BCUT2D eigenvalue weighted by molar-refractivity contribution is 7.89. The van der Waals surface area contributed by atoms with E-state index < -0.39 is 44.5 Å². The molecule has 0 unspecified atom stereocenters. The van der Waals surface area contributed by atoms with E-state index in [-0.39, 0.29) is 18.7 Å². The fourth-order valence-corrected chi connectivity index (χ4v) is 4.25. The monoisotopic (exact) mass is 351 g/mol. The highest BCUT2D eigenvalue weighted by Gasteiger charge is 2.41. The molecule has 1 saturated heterocycles. The highest BCUT2D eigenvalue weighted by Crippen LogP contribution is 2.35. The van der Waals surface area contributed by atoms with Crippen molar-refractivity contribution in [2.75, 3.05) is 13.1 Å². The zero-order chi connectivity index (χ0) is 17.6. The average Bonchev–Trinajstić information content (AvgIpc) is 2.80. The first-order valence-electron chi connectivity index (χ1n) is 6.85. The summed E-state index contributed by atoms with van der Waals surface area (Å²) < 4.78 is 64.8. The van der Waals surface area contributed by atoms with Gasteiger partial charge in [0.1, 0.15) is 0 Å². The summed E-state index contributed by atoms with van der Waals surface area (Å²) in [6, 6.07) is 2.81. The van der Waals surface area contributed by atoms with Gasteiger partial charge in [0.15, 0.2) is 0 Å². The minimum Gasteiger partial charge on any atom is -0.481 e. The molecule has 1 aliphatic rings. The molecule has 9 heteroatoms. The predicted octanol–water partition coefficient (Wildman–Crippen LogP) is 2.36. The molecule has 0 bridgehead atoms. The Labute approximate surface area is 131 Å². The van der Waals surface area contributed by atoms with Crippen LogP contribution in [0, 0.1) is 18.8 Å². The van der Waals surface area contributed by atoms with Crippen LogP contribution >= 0.6 is 0 Å². The van der Waals surface area contributed by atoms with Gasteiger partial charge in [-0.2, -0.15) is 17.5 Å². The first kappa shape index (κ1) is 17.7. The number of carboxylic acids is 1. The molecule has 1 N–H and O–H groups in total. The summed E-state index contributed by atoms with van der Waals surface area (Å²) >= 11 is 0. The number of hydrogen-bond donors (Lipinski definition) is 1. The Morgan fingerprint density at radius 1 is 1.30 bits per heavy atom. The summed E-state index contributed by atoms with van der Waals surface area (Å²) in [6.45, 7) is 2.57. The van der Waals surface area contributed by atoms with Gasteiger partial charge in [0.2, 0.25) is 10.0 Å². The average molecular weight is 351 g/mol. The summed E-state index contributed by atoms with van der Waals surface area (Å²) in [5.41, 5.74) is -1.09. The molecular weight excluding hydrogens is 335 g/mol. The van der Waals surface area contributed by atoms with E-state index in [1.807, 2.05) is 0 Å². The van der Waals surface area contributed by atoms with Gasteiger partial charge in [0.05, 0.1) is 16.4 Å². The van der Waals surface area contributed by atoms with Crippen LogP contribution in [-0.4, -0.2) is 36.9 Å². The van der Waals surface area contributed by atoms with Crippen molar-refractivity contribution in [3.8, 4) is 0 Å². The Balaban J connectivity index is 2.40. The van der Waals surface area contributed by atoms with Crippen LogP contribution in [0.2, 0.25) is 0 Å². The van der Waals surface area contributed by atoms with Gasteiger partial charge >= 0.3 is 12.1 Å². The number of carboxylic acid groups (broad SMARTS) is 1. The Morgan fingerprint density at radius 3 is 2.39 bits per heavy atom. The van der Waals surface area contributed by atoms with E-state index in [2.05, 4.69) is 0 Å². The van der Waals surface area contributed by atoms with Gasteiger partial charge in [-0.05, 0) is 30.5 Å². The Kier molecular flexibility index (Phi) is 4.46. The molecule has 0 spiro atoms. The lowest BCUT2D eigenvalue weighted by molar-refractivity contribution is -0.142. The zero-order valence-electron chi connectivity index (χ0n) is 12.5. The molecule has 0 radical (unpaired) electrons. The topological polar surface area (TPSA) is 74.7 Å². The molecule has 1 aromatic carbocycles. The van der Waals surface area contributed by atoms with Crippen LogP contribution in [0.4, 0.5) is 13.2 Å². The third-order valence-electron chi connectivity index (χ3n) is 4.05. The van der Waals surface area contributed by atoms with Gasteiger partial charge in [-0.1, -0.05) is 13.0 Å². The number of carbonyl (C=O) groups is 1. The molecule has 1 fully saturated rings. The van der Waals surface area contributed by atoms with Crippen molar-refractivity contribution in [1.29, 1.82) is 0 Å². The molecule has 23 heavy (non-hydrogen) atoms. The Hall–Kier alpha value is -1.61. The molecule has 2 atom stereocenters. The van der Waals surface area contributed by atoms with Crippen molar-refractivity contribution < 1.29 is 31.5 Å². The lowest BCUT2D eigenvalue weighted by atomic mass is 9.99. The van der Waals surface area contributed by atoms with E-state index in [0.717, 1.165) is 16.4 Å². The predicted molar refractivity (Wildman–Crippen MR) is 75.2 cm³/mol. The van der Waals surface area contributed by atoms with Crippen LogP contribution in [0.15, 0.2) is 23.1 Å². The lowest BCUT2D eigenvalue weighted by Crippen LogP contribution is -2.30. The van der Waals surface area contributed by atoms with Gasteiger partial charge in [-0.3, -0.25) is 4.79 Å². The number of rotatable bonds is 3. The van der Waals surface area contributed by atoms with E-state index >= 15 is 0 Å². The van der Waals surface area contributed by atoms with Crippen molar-refractivity contribution in [3.63, 3.8) is 0 Å². The summed E-state index contributed by atoms with van der Waals surface area (Å²) in [5, 5.41) is 9.05. The molecule has 1 aromatic rings. The van der Waals surface area contributed by atoms with Crippen LogP contribution in [-0.2, 0) is 21.0 Å². The minimum atomic E-state index is -4.66. The number of alkyl halides is 3. The van der Waals surface area contributed by atoms with E-state index in [9.17, 15) is 26.4 Å². The van der Waals surface area contributed by atoms with Crippen molar-refractivity contribution in [3.05, 3.63) is 29.3 Å². The highest BCUT2D eigenvalue weighted by atomic mass is 32.2. The zero-order valence-corrected chi connectivity index (χ0v) is 13.3. The van der Waals surface area contributed by atoms with E-state index in [0.29, 0.717) is 6.07 Å². The van der Waals surface area contributed by atoms with Gasteiger partial charge in [-0.25, -0.2) is 8.42 Å². The number of halogens is 3. The number of hydrogen-bond acceptors (Lipinski definition) is 3. The molecule has 0 amide bonds. The van der Waals surface area contributed by atoms with Crippen LogP contribution in [0.5, 0.6) is 0 Å². The van der Waals surface area contributed by atoms with Crippen LogP contribution in [0.25, 0.3) is 0 Å². The molecular formula is C14H16F3NO4S. The molecule has 128 valence electrons. The van der Waals surface area contributed by atoms with E-state index in [1.165, 1.54) is 6.92 Å². The van der Waals surface area contributed by atoms with Crippen LogP contribution in [0.1, 0.15) is 18.1 Å². The fourth-order valence-electron chi connectivity index (χ4n) is 2.66. The van der Waals surface area contributed by atoms with Crippen molar-refractivity contribution >= 4 is 16.0 Å². The van der Waals surface area contributed by atoms with Crippen molar-refractivity contribution in [1.82, 2.24) is 4.31 Å². The van der Waals surface area contributed by atoms with E-state index in [4.69, 9.17) is 5.11 Å². The second-order valence-electron chi connectivity index (χ2n) is 5.72.